The second kappa shape index (κ2) is 5.81. The third-order valence-electron chi connectivity index (χ3n) is 7.89. The van der Waals surface area contributed by atoms with Gasteiger partial charge < -0.3 is 9.84 Å². The van der Waals surface area contributed by atoms with Gasteiger partial charge >= 0.3 is 10.3 Å². The minimum Gasteiger partial charge on any atom is -0.378 e. The van der Waals surface area contributed by atoms with E-state index in [9.17, 15) is 22.3 Å². The first-order valence-electron chi connectivity index (χ1n) is 10.6. The zero-order valence-electron chi connectivity index (χ0n) is 16.4. The Balaban J connectivity index is 1.08. The first-order valence-corrected chi connectivity index (χ1v) is 12.0. The SMILES string of the molecule is O=S(=O)(NC(O)CC1C[C@]12c1ccccc1CC2(F)F)OC1C[C@@]12CCC1(CC1)O2. The maximum absolute atomic E-state index is 14.8. The predicted molar refractivity (Wildman–Crippen MR) is 102 cm³/mol. The first kappa shape index (κ1) is 19.5. The number of rotatable bonds is 6. The molecule has 1 aromatic carbocycles. The first-order chi connectivity index (χ1) is 14.1. The number of halogens is 2. The van der Waals surface area contributed by atoms with Gasteiger partial charge in [-0.15, -0.1) is 0 Å². The Labute approximate surface area is 174 Å². The molecule has 9 heteroatoms. The topological polar surface area (TPSA) is 84.9 Å². The number of aliphatic hydroxyl groups excluding tert-OH is 1. The second-order valence-electron chi connectivity index (χ2n) is 9.87. The average molecular weight is 441 g/mol. The molecule has 164 valence electrons. The monoisotopic (exact) mass is 441 g/mol. The minimum absolute atomic E-state index is 0.0576. The number of ether oxygens (including phenoxy) is 1. The molecule has 0 radical (unpaired) electrons. The van der Waals surface area contributed by atoms with E-state index >= 15 is 0 Å². The largest absolute Gasteiger partial charge is 0.378 e. The van der Waals surface area contributed by atoms with Gasteiger partial charge in [0.15, 0.2) is 0 Å². The fourth-order valence-electron chi connectivity index (χ4n) is 5.97. The molecule has 2 N–H and O–H groups in total. The van der Waals surface area contributed by atoms with Crippen LogP contribution in [0.15, 0.2) is 24.3 Å². The van der Waals surface area contributed by atoms with Crippen LogP contribution in [0.25, 0.3) is 0 Å². The quantitative estimate of drug-likeness (QED) is 0.663. The van der Waals surface area contributed by atoms with Crippen molar-refractivity contribution in [2.45, 2.75) is 86.2 Å². The smallest absolute Gasteiger partial charge is 0.338 e. The summed E-state index contributed by atoms with van der Waals surface area (Å²) in [7, 11) is -4.21. The maximum atomic E-state index is 14.8. The fraction of sp³-hybridized carbons (Fsp3) is 0.714. The summed E-state index contributed by atoms with van der Waals surface area (Å²) in [4.78, 5) is 0. The highest BCUT2D eigenvalue weighted by Crippen LogP contribution is 2.69. The van der Waals surface area contributed by atoms with Crippen LogP contribution in [-0.2, 0) is 31.1 Å². The summed E-state index contributed by atoms with van der Waals surface area (Å²) in [6.07, 6.45) is 2.11. The third kappa shape index (κ3) is 2.82. The molecule has 5 aliphatic rings. The van der Waals surface area contributed by atoms with Gasteiger partial charge in [-0.2, -0.15) is 13.1 Å². The van der Waals surface area contributed by atoms with Crippen molar-refractivity contribution in [1.29, 1.82) is 0 Å². The summed E-state index contributed by atoms with van der Waals surface area (Å²) in [5.74, 6) is -3.39. The number of nitrogens with one attached hydrogen (secondary N) is 1. The number of fused-ring (bicyclic) bond motifs is 2. The average Bonchev–Trinajstić information content (AvgIpc) is 3.55. The molecule has 6 nitrogen and oxygen atoms in total. The van der Waals surface area contributed by atoms with Gasteiger partial charge in [-0.3, -0.25) is 4.18 Å². The Kier molecular flexibility index (Phi) is 3.78. The van der Waals surface area contributed by atoms with Crippen LogP contribution < -0.4 is 4.72 Å². The molecule has 0 amide bonds. The van der Waals surface area contributed by atoms with Gasteiger partial charge in [0.25, 0.3) is 5.92 Å². The Morgan fingerprint density at radius 2 is 1.93 bits per heavy atom. The molecule has 4 aliphatic carbocycles. The number of hydrogen-bond acceptors (Lipinski definition) is 5. The van der Waals surface area contributed by atoms with Crippen LogP contribution in [0.2, 0.25) is 0 Å². The summed E-state index contributed by atoms with van der Waals surface area (Å²) in [6, 6.07) is 6.92. The minimum atomic E-state index is -4.21. The lowest BCUT2D eigenvalue weighted by molar-refractivity contribution is -0.0345. The predicted octanol–water partition coefficient (Wildman–Crippen LogP) is 2.55. The van der Waals surface area contributed by atoms with E-state index in [2.05, 4.69) is 4.72 Å². The molecule has 1 saturated heterocycles. The van der Waals surface area contributed by atoms with Crippen molar-refractivity contribution >= 4 is 10.3 Å². The lowest BCUT2D eigenvalue weighted by atomic mass is 9.91. The lowest BCUT2D eigenvalue weighted by Gasteiger charge is -2.22. The van der Waals surface area contributed by atoms with E-state index in [1.807, 2.05) is 0 Å². The van der Waals surface area contributed by atoms with E-state index < -0.39 is 45.5 Å². The Morgan fingerprint density at radius 1 is 1.20 bits per heavy atom. The second-order valence-corrected chi connectivity index (χ2v) is 11.2. The summed E-state index contributed by atoms with van der Waals surface area (Å²) in [5.41, 5.74) is -0.608. The number of aliphatic hydroxyl groups is 1. The maximum Gasteiger partial charge on any atom is 0.338 e. The van der Waals surface area contributed by atoms with Gasteiger partial charge in [-0.25, -0.2) is 8.78 Å². The van der Waals surface area contributed by atoms with Crippen molar-refractivity contribution < 1.29 is 31.2 Å². The van der Waals surface area contributed by atoms with Gasteiger partial charge in [0.2, 0.25) is 0 Å². The van der Waals surface area contributed by atoms with E-state index in [0.717, 1.165) is 25.7 Å². The molecule has 3 unspecified atom stereocenters. The van der Waals surface area contributed by atoms with Gasteiger partial charge in [0.05, 0.1) is 16.6 Å². The highest BCUT2D eigenvalue weighted by atomic mass is 32.2. The summed E-state index contributed by atoms with van der Waals surface area (Å²) in [6.45, 7) is 0. The molecule has 3 saturated carbocycles. The highest BCUT2D eigenvalue weighted by Gasteiger charge is 2.73. The standard InChI is InChI=1S/C21H25F2NO5S/c22-21(23)10-13-3-1-2-4-15(13)20(21)11-14(20)9-17(25)24-30(26,27)28-16-12-19(16)8-7-18(29-19)5-6-18/h1-4,14,16-17,24-25H,5-12H2/t14?,16?,17?,19-,20+/m0/s1. The van der Waals surface area contributed by atoms with Crippen LogP contribution in [0.1, 0.15) is 56.1 Å². The van der Waals surface area contributed by atoms with E-state index in [4.69, 9.17) is 8.92 Å². The Bertz CT molecular complexity index is 1010. The van der Waals surface area contributed by atoms with Crippen molar-refractivity contribution in [2.75, 3.05) is 0 Å². The fourth-order valence-corrected chi connectivity index (χ4v) is 7.01. The van der Waals surface area contributed by atoms with Gasteiger partial charge in [0.1, 0.15) is 12.3 Å². The Morgan fingerprint density at radius 3 is 2.67 bits per heavy atom. The van der Waals surface area contributed by atoms with Crippen LogP contribution in [0, 0.1) is 5.92 Å². The van der Waals surface area contributed by atoms with E-state index in [1.165, 1.54) is 0 Å². The Hall–Kier alpha value is -1.13. The van der Waals surface area contributed by atoms with E-state index in [-0.39, 0.29) is 24.9 Å². The molecular formula is C21H25F2NO5S. The van der Waals surface area contributed by atoms with Gasteiger partial charge in [0, 0.05) is 12.8 Å². The van der Waals surface area contributed by atoms with Crippen molar-refractivity contribution in [3.05, 3.63) is 35.4 Å². The zero-order chi connectivity index (χ0) is 21.0. The molecule has 4 fully saturated rings. The number of benzene rings is 1. The molecule has 1 heterocycles. The van der Waals surface area contributed by atoms with Crippen LogP contribution in [0.4, 0.5) is 8.78 Å². The molecule has 6 rings (SSSR count). The van der Waals surface area contributed by atoms with Crippen LogP contribution in [0.3, 0.4) is 0 Å². The lowest BCUT2D eigenvalue weighted by Crippen LogP contribution is -2.39. The summed E-state index contributed by atoms with van der Waals surface area (Å²) < 4.78 is 67.6. The van der Waals surface area contributed by atoms with Crippen molar-refractivity contribution in [2.24, 2.45) is 5.92 Å². The molecule has 1 aliphatic heterocycles. The van der Waals surface area contributed by atoms with E-state index in [1.54, 1.807) is 24.3 Å². The molecular weight excluding hydrogens is 416 g/mol. The van der Waals surface area contributed by atoms with Gasteiger partial charge in [-0.1, -0.05) is 24.3 Å². The number of hydrogen-bond donors (Lipinski definition) is 2. The van der Waals surface area contributed by atoms with E-state index in [0.29, 0.717) is 17.5 Å². The normalized spacial score (nSPS) is 40.1. The van der Waals surface area contributed by atoms with Gasteiger partial charge in [-0.05, 0) is 55.6 Å². The molecule has 1 aromatic rings. The van der Waals surface area contributed by atoms with Crippen LogP contribution in [0.5, 0.6) is 0 Å². The molecule has 3 spiro atoms. The highest BCUT2D eigenvalue weighted by molar-refractivity contribution is 7.84. The third-order valence-corrected chi connectivity index (χ3v) is 8.93. The number of alkyl halides is 2. The molecule has 30 heavy (non-hydrogen) atoms. The summed E-state index contributed by atoms with van der Waals surface area (Å²) >= 11 is 0. The van der Waals surface area contributed by atoms with Crippen molar-refractivity contribution in [3.63, 3.8) is 0 Å². The molecule has 0 bridgehead atoms. The van der Waals surface area contributed by atoms with Crippen molar-refractivity contribution in [3.8, 4) is 0 Å². The molecule has 5 atom stereocenters. The van der Waals surface area contributed by atoms with Crippen LogP contribution in [-0.4, -0.2) is 43.0 Å². The zero-order valence-corrected chi connectivity index (χ0v) is 17.3. The molecule has 0 aromatic heterocycles. The van der Waals surface area contributed by atoms with Crippen molar-refractivity contribution in [1.82, 2.24) is 4.72 Å². The van der Waals surface area contributed by atoms with Crippen LogP contribution >= 0.6 is 0 Å². The summed E-state index contributed by atoms with van der Waals surface area (Å²) in [5, 5.41) is 10.3.